The minimum atomic E-state index is -0.540. The standard InChI is InChI=1S/C21H20N2O4/c24-17(13-14-8-11-27-12-9-14)18-19(25)16-7-4-10-22-20(16)23(21(18)26)15-5-2-1-3-6-15/h1-7,10,14,25H,8-9,11-13H2. The highest BCUT2D eigenvalue weighted by atomic mass is 16.5. The monoisotopic (exact) mass is 364 g/mol. The number of ether oxygens (including phenoxy) is 1. The quantitative estimate of drug-likeness (QED) is 0.720. The number of carbonyl (C=O) groups is 1. The molecule has 1 N–H and O–H groups in total. The van der Waals surface area contributed by atoms with Crippen molar-refractivity contribution in [1.29, 1.82) is 0 Å². The summed E-state index contributed by atoms with van der Waals surface area (Å²) in [5.74, 6) is -0.452. The van der Waals surface area contributed by atoms with Gasteiger partial charge in [0.2, 0.25) is 0 Å². The number of rotatable bonds is 4. The zero-order valence-corrected chi connectivity index (χ0v) is 14.8. The molecule has 0 bridgehead atoms. The maximum Gasteiger partial charge on any atom is 0.271 e. The van der Waals surface area contributed by atoms with Crippen molar-refractivity contribution in [2.45, 2.75) is 19.3 Å². The molecule has 0 aliphatic carbocycles. The second-order valence-corrected chi connectivity index (χ2v) is 6.76. The number of hydrogen-bond donors (Lipinski definition) is 1. The number of aromatic nitrogens is 2. The van der Waals surface area contributed by atoms with E-state index in [1.807, 2.05) is 18.2 Å². The molecule has 6 heteroatoms. The third-order valence-electron chi connectivity index (χ3n) is 5.02. The van der Waals surface area contributed by atoms with E-state index < -0.39 is 5.56 Å². The van der Waals surface area contributed by atoms with Crippen molar-refractivity contribution in [2.75, 3.05) is 13.2 Å². The SMILES string of the molecule is O=C(CC1CCOCC1)c1c(O)c2cccnc2n(-c2ccccc2)c1=O. The Morgan fingerprint density at radius 2 is 1.89 bits per heavy atom. The maximum atomic E-state index is 13.2. The lowest BCUT2D eigenvalue weighted by molar-refractivity contribution is 0.0600. The van der Waals surface area contributed by atoms with Crippen molar-refractivity contribution in [3.63, 3.8) is 0 Å². The van der Waals surface area contributed by atoms with Gasteiger partial charge in [0, 0.05) is 25.8 Å². The normalized spacial score (nSPS) is 15.1. The zero-order chi connectivity index (χ0) is 18.8. The van der Waals surface area contributed by atoms with E-state index in [9.17, 15) is 14.7 Å². The van der Waals surface area contributed by atoms with Crippen LogP contribution >= 0.6 is 0 Å². The molecule has 1 aliphatic rings. The van der Waals surface area contributed by atoms with E-state index in [-0.39, 0.29) is 29.4 Å². The molecule has 138 valence electrons. The third-order valence-corrected chi connectivity index (χ3v) is 5.02. The Labute approximate surface area is 156 Å². The molecule has 0 radical (unpaired) electrons. The van der Waals surface area contributed by atoms with Crippen molar-refractivity contribution in [3.8, 4) is 11.4 Å². The van der Waals surface area contributed by atoms with Gasteiger partial charge in [-0.2, -0.15) is 0 Å². The average molecular weight is 364 g/mol. The summed E-state index contributed by atoms with van der Waals surface area (Å²) >= 11 is 0. The summed E-state index contributed by atoms with van der Waals surface area (Å²) in [6.45, 7) is 1.25. The average Bonchev–Trinajstić information content (AvgIpc) is 2.70. The highest BCUT2D eigenvalue weighted by molar-refractivity contribution is 6.03. The van der Waals surface area contributed by atoms with E-state index in [0.717, 1.165) is 12.8 Å². The number of fused-ring (bicyclic) bond motifs is 1. The van der Waals surface area contributed by atoms with Gasteiger partial charge in [0.1, 0.15) is 11.3 Å². The summed E-state index contributed by atoms with van der Waals surface area (Å²) in [6.07, 6.45) is 3.36. The number of Topliss-reactive ketones (excluding diaryl/α,β-unsaturated/α-hetero) is 1. The zero-order valence-electron chi connectivity index (χ0n) is 14.8. The number of carbonyl (C=O) groups excluding carboxylic acids is 1. The Bertz CT molecular complexity index is 1040. The smallest absolute Gasteiger partial charge is 0.271 e. The number of ketones is 1. The summed E-state index contributed by atoms with van der Waals surface area (Å²) < 4.78 is 6.73. The maximum absolute atomic E-state index is 13.2. The first kappa shape index (κ1) is 17.4. The van der Waals surface area contributed by atoms with Gasteiger partial charge in [0.15, 0.2) is 11.4 Å². The van der Waals surface area contributed by atoms with Gasteiger partial charge in [0.25, 0.3) is 5.56 Å². The van der Waals surface area contributed by atoms with E-state index >= 15 is 0 Å². The van der Waals surface area contributed by atoms with Crippen LogP contribution in [-0.4, -0.2) is 33.7 Å². The Balaban J connectivity index is 1.88. The van der Waals surface area contributed by atoms with Gasteiger partial charge < -0.3 is 9.84 Å². The molecule has 0 unspecified atom stereocenters. The molecule has 2 aromatic heterocycles. The Kier molecular flexibility index (Phi) is 4.73. The number of para-hydroxylation sites is 1. The van der Waals surface area contributed by atoms with Crippen LogP contribution in [0.3, 0.4) is 0 Å². The lowest BCUT2D eigenvalue weighted by Gasteiger charge is -2.21. The van der Waals surface area contributed by atoms with Crippen LogP contribution in [0.5, 0.6) is 5.75 Å². The molecule has 1 saturated heterocycles. The predicted molar refractivity (Wildman–Crippen MR) is 101 cm³/mol. The van der Waals surface area contributed by atoms with Crippen LogP contribution in [0.15, 0.2) is 53.5 Å². The number of benzene rings is 1. The van der Waals surface area contributed by atoms with Crippen molar-refractivity contribution >= 4 is 16.8 Å². The molecule has 0 amide bonds. The van der Waals surface area contributed by atoms with Crippen molar-refractivity contribution in [2.24, 2.45) is 5.92 Å². The number of hydrogen-bond acceptors (Lipinski definition) is 5. The van der Waals surface area contributed by atoms with Crippen LogP contribution in [0.1, 0.15) is 29.6 Å². The van der Waals surface area contributed by atoms with Gasteiger partial charge in [-0.05, 0) is 43.0 Å². The van der Waals surface area contributed by atoms with Crippen LogP contribution < -0.4 is 5.56 Å². The largest absolute Gasteiger partial charge is 0.506 e. The molecule has 3 aromatic rings. The van der Waals surface area contributed by atoms with Crippen molar-refractivity contribution in [3.05, 3.63) is 64.6 Å². The third kappa shape index (κ3) is 3.24. The molecule has 27 heavy (non-hydrogen) atoms. The lowest BCUT2D eigenvalue weighted by Crippen LogP contribution is -2.28. The molecular formula is C21H20N2O4. The second kappa shape index (κ2) is 7.32. The van der Waals surface area contributed by atoms with E-state index in [0.29, 0.717) is 29.9 Å². The van der Waals surface area contributed by atoms with Crippen LogP contribution in [0.2, 0.25) is 0 Å². The van der Waals surface area contributed by atoms with Crippen LogP contribution in [0, 0.1) is 5.92 Å². The summed E-state index contributed by atoms with van der Waals surface area (Å²) in [5, 5.41) is 11.1. The predicted octanol–water partition coefficient (Wildman–Crippen LogP) is 3.09. The van der Waals surface area contributed by atoms with Gasteiger partial charge >= 0.3 is 0 Å². The number of pyridine rings is 2. The molecule has 1 fully saturated rings. The molecule has 3 heterocycles. The minimum Gasteiger partial charge on any atom is -0.506 e. The van der Waals surface area contributed by atoms with Gasteiger partial charge in [-0.3, -0.25) is 14.2 Å². The first-order valence-corrected chi connectivity index (χ1v) is 9.06. The summed E-state index contributed by atoms with van der Waals surface area (Å²) in [7, 11) is 0. The lowest BCUT2D eigenvalue weighted by atomic mass is 9.91. The van der Waals surface area contributed by atoms with Gasteiger partial charge in [-0.25, -0.2) is 4.98 Å². The second-order valence-electron chi connectivity index (χ2n) is 6.76. The van der Waals surface area contributed by atoms with Crippen LogP contribution in [0.25, 0.3) is 16.7 Å². The Morgan fingerprint density at radius 3 is 2.63 bits per heavy atom. The molecule has 1 aliphatic heterocycles. The fraction of sp³-hybridized carbons (Fsp3) is 0.286. The van der Waals surface area contributed by atoms with E-state index in [2.05, 4.69) is 4.98 Å². The van der Waals surface area contributed by atoms with Gasteiger partial charge in [-0.15, -0.1) is 0 Å². The summed E-state index contributed by atoms with van der Waals surface area (Å²) in [5.41, 5.74) is 0.230. The first-order valence-electron chi connectivity index (χ1n) is 9.06. The van der Waals surface area contributed by atoms with E-state index in [1.54, 1.807) is 30.5 Å². The fourth-order valence-electron chi connectivity index (χ4n) is 3.59. The minimum absolute atomic E-state index is 0.161. The van der Waals surface area contributed by atoms with E-state index in [1.165, 1.54) is 4.57 Å². The Hall–Kier alpha value is -2.99. The Morgan fingerprint density at radius 1 is 1.15 bits per heavy atom. The number of nitrogens with zero attached hydrogens (tertiary/aromatic N) is 2. The van der Waals surface area contributed by atoms with Gasteiger partial charge in [-0.1, -0.05) is 18.2 Å². The van der Waals surface area contributed by atoms with E-state index in [4.69, 9.17) is 4.74 Å². The molecule has 4 rings (SSSR count). The topological polar surface area (TPSA) is 81.4 Å². The fourth-order valence-corrected chi connectivity index (χ4v) is 3.59. The summed E-state index contributed by atoms with van der Waals surface area (Å²) in [4.78, 5) is 30.4. The number of aromatic hydroxyl groups is 1. The highest BCUT2D eigenvalue weighted by Gasteiger charge is 2.26. The first-order chi connectivity index (χ1) is 13.2. The van der Waals surface area contributed by atoms with Crippen LogP contribution in [0.4, 0.5) is 0 Å². The summed E-state index contributed by atoms with van der Waals surface area (Å²) in [6, 6.07) is 12.4. The molecular weight excluding hydrogens is 344 g/mol. The molecule has 0 atom stereocenters. The molecule has 1 aromatic carbocycles. The van der Waals surface area contributed by atoms with Crippen LogP contribution in [-0.2, 0) is 4.74 Å². The van der Waals surface area contributed by atoms with Crippen molar-refractivity contribution < 1.29 is 14.6 Å². The molecule has 0 spiro atoms. The van der Waals surface area contributed by atoms with Gasteiger partial charge in [0.05, 0.1) is 11.1 Å². The highest BCUT2D eigenvalue weighted by Crippen LogP contribution is 2.29. The molecule has 6 nitrogen and oxygen atoms in total. The van der Waals surface area contributed by atoms with Crippen molar-refractivity contribution in [1.82, 2.24) is 9.55 Å². The molecule has 0 saturated carbocycles.